The second-order valence-corrected chi connectivity index (χ2v) is 7.33. The Hall–Kier alpha value is 0.370. The molecule has 2 aromatic rings. The summed E-state index contributed by atoms with van der Waals surface area (Å²) in [5.41, 5.74) is 1.85. The molecule has 1 aromatic heterocycles. The second-order valence-electron chi connectivity index (χ2n) is 3.70. The van der Waals surface area contributed by atoms with Crippen molar-refractivity contribution in [1.82, 2.24) is 0 Å². The van der Waals surface area contributed by atoms with Crippen molar-refractivity contribution in [3.63, 3.8) is 0 Å². The normalized spacial score (nSPS) is 12.7. The van der Waals surface area contributed by atoms with Crippen molar-refractivity contribution in [3.05, 3.63) is 54.1 Å². The van der Waals surface area contributed by atoms with E-state index in [4.69, 9.17) is 58.0 Å². The molecule has 1 aromatic carbocycles. The Balaban J connectivity index is 2.18. The second kappa shape index (κ2) is 6.21. The molecule has 1 unspecified atom stereocenters. The third-order valence-electron chi connectivity index (χ3n) is 2.42. The van der Waals surface area contributed by atoms with E-state index < -0.39 is 0 Å². The van der Waals surface area contributed by atoms with Gasteiger partial charge in [-0.25, -0.2) is 0 Å². The van der Waals surface area contributed by atoms with Crippen molar-refractivity contribution in [2.24, 2.45) is 0 Å². The summed E-state index contributed by atoms with van der Waals surface area (Å²) in [6.07, 6.45) is 0.616. The zero-order valence-corrected chi connectivity index (χ0v) is 13.5. The van der Waals surface area contributed by atoms with Crippen molar-refractivity contribution in [2.45, 2.75) is 11.8 Å². The zero-order valence-electron chi connectivity index (χ0n) is 8.89. The van der Waals surface area contributed by atoms with Crippen LogP contribution in [0.1, 0.15) is 16.5 Å². The Labute approximate surface area is 134 Å². The lowest BCUT2D eigenvalue weighted by Crippen LogP contribution is -1.95. The summed E-state index contributed by atoms with van der Waals surface area (Å²) in [7, 11) is 0. The monoisotopic (exact) mass is 358 g/mol. The number of thiophene rings is 1. The smallest absolute Gasteiger partial charge is 0.0991 e. The third kappa shape index (κ3) is 3.47. The van der Waals surface area contributed by atoms with Crippen LogP contribution in [0.5, 0.6) is 0 Å². The molecule has 0 saturated carbocycles. The summed E-state index contributed by atoms with van der Waals surface area (Å²) >= 11 is 31.4. The van der Waals surface area contributed by atoms with Gasteiger partial charge in [-0.3, -0.25) is 0 Å². The summed E-state index contributed by atoms with van der Waals surface area (Å²) in [4.78, 5) is 0. The molecule has 0 aliphatic rings. The van der Waals surface area contributed by atoms with Crippen molar-refractivity contribution in [2.75, 3.05) is 0 Å². The lowest BCUT2D eigenvalue weighted by molar-refractivity contribution is 0.925. The van der Waals surface area contributed by atoms with Gasteiger partial charge >= 0.3 is 0 Å². The molecule has 0 amide bonds. The molecule has 2 rings (SSSR count). The predicted octanol–water partition coefficient (Wildman–Crippen LogP) is 6.88. The molecule has 18 heavy (non-hydrogen) atoms. The first-order valence-electron chi connectivity index (χ1n) is 5.00. The molecule has 0 radical (unpaired) electrons. The summed E-state index contributed by atoms with van der Waals surface area (Å²) in [6, 6.07) is 7.25. The number of hydrogen-bond acceptors (Lipinski definition) is 1. The lowest BCUT2D eigenvalue weighted by Gasteiger charge is -2.09. The van der Waals surface area contributed by atoms with Gasteiger partial charge in [-0.2, -0.15) is 0 Å². The summed E-state index contributed by atoms with van der Waals surface area (Å²) in [6.45, 7) is 0. The lowest BCUT2D eigenvalue weighted by atomic mass is 10.1. The van der Waals surface area contributed by atoms with Crippen LogP contribution < -0.4 is 0 Å². The van der Waals surface area contributed by atoms with E-state index in [1.807, 2.05) is 6.07 Å². The topological polar surface area (TPSA) is 0 Å². The van der Waals surface area contributed by atoms with Crippen LogP contribution >= 0.6 is 69.3 Å². The van der Waals surface area contributed by atoms with Gasteiger partial charge in [0.15, 0.2) is 0 Å². The molecule has 0 aliphatic carbocycles. The zero-order chi connectivity index (χ0) is 13.3. The highest BCUT2D eigenvalue weighted by Crippen LogP contribution is 2.39. The fourth-order valence-electron chi connectivity index (χ4n) is 1.55. The summed E-state index contributed by atoms with van der Waals surface area (Å²) in [5.74, 6) is 0. The average Bonchev–Trinajstić information content (AvgIpc) is 2.63. The molecule has 0 N–H and O–H groups in total. The van der Waals surface area contributed by atoms with E-state index in [0.29, 0.717) is 25.1 Å². The van der Waals surface area contributed by atoms with Crippen LogP contribution in [0.3, 0.4) is 0 Å². The van der Waals surface area contributed by atoms with E-state index in [2.05, 4.69) is 0 Å². The highest BCUT2D eigenvalue weighted by atomic mass is 35.5. The maximum absolute atomic E-state index is 6.34. The van der Waals surface area contributed by atoms with Crippen LogP contribution in [0.2, 0.25) is 18.7 Å². The van der Waals surface area contributed by atoms with Crippen LogP contribution in [-0.4, -0.2) is 0 Å². The summed E-state index contributed by atoms with van der Waals surface area (Å²) in [5, 5.41) is 0.814. The number of alkyl halides is 1. The van der Waals surface area contributed by atoms with Gasteiger partial charge in [0.1, 0.15) is 0 Å². The minimum Gasteiger partial charge on any atom is -0.117 e. The van der Waals surface area contributed by atoms with Crippen molar-refractivity contribution >= 4 is 69.3 Å². The SMILES string of the molecule is Clc1cc(C(Cl)Cc2ccc(Cl)c(Cl)c2)c(Cl)s1. The van der Waals surface area contributed by atoms with Crippen molar-refractivity contribution < 1.29 is 0 Å². The first-order chi connectivity index (χ1) is 8.47. The molecule has 96 valence electrons. The van der Waals surface area contributed by atoms with Gasteiger partial charge in [-0.15, -0.1) is 22.9 Å². The Morgan fingerprint density at radius 2 is 1.72 bits per heavy atom. The molecule has 0 saturated heterocycles. The average molecular weight is 361 g/mol. The molecule has 0 fully saturated rings. The highest BCUT2D eigenvalue weighted by Gasteiger charge is 2.16. The maximum Gasteiger partial charge on any atom is 0.0991 e. The van der Waals surface area contributed by atoms with E-state index in [-0.39, 0.29) is 5.38 Å². The number of hydrogen-bond donors (Lipinski definition) is 0. The van der Waals surface area contributed by atoms with Gasteiger partial charge in [0, 0.05) is 5.56 Å². The number of rotatable bonds is 3. The quantitative estimate of drug-likeness (QED) is 0.523. The number of halogens is 5. The highest BCUT2D eigenvalue weighted by molar-refractivity contribution is 7.20. The minimum absolute atomic E-state index is 0.238. The minimum atomic E-state index is -0.238. The largest absolute Gasteiger partial charge is 0.117 e. The van der Waals surface area contributed by atoms with Gasteiger partial charge in [-0.05, 0) is 30.2 Å². The predicted molar refractivity (Wildman–Crippen MR) is 83.1 cm³/mol. The molecule has 6 heteroatoms. The van der Waals surface area contributed by atoms with E-state index in [1.165, 1.54) is 11.3 Å². The fraction of sp³-hybridized carbons (Fsp3) is 0.167. The van der Waals surface area contributed by atoms with E-state index in [9.17, 15) is 0 Å². The molecular formula is C12H7Cl5S. The summed E-state index contributed by atoms with van der Waals surface area (Å²) < 4.78 is 1.26. The van der Waals surface area contributed by atoms with Crippen LogP contribution in [0.25, 0.3) is 0 Å². The van der Waals surface area contributed by atoms with Crippen LogP contribution in [0.15, 0.2) is 24.3 Å². The first kappa shape index (κ1) is 14.8. The van der Waals surface area contributed by atoms with Gasteiger partial charge in [0.2, 0.25) is 0 Å². The molecule has 1 heterocycles. The van der Waals surface area contributed by atoms with Crippen molar-refractivity contribution in [1.29, 1.82) is 0 Å². The standard InChI is InChI=1S/C12H7Cl5S/c13-8-2-1-6(4-10(8)15)3-9(14)7-5-11(16)18-12(7)17/h1-2,4-5,9H,3H2. The molecule has 0 aliphatic heterocycles. The Kier molecular flexibility index (Phi) is 5.10. The van der Waals surface area contributed by atoms with Crippen molar-refractivity contribution in [3.8, 4) is 0 Å². The Morgan fingerprint density at radius 3 is 2.28 bits per heavy atom. The van der Waals surface area contributed by atoms with Crippen LogP contribution in [0.4, 0.5) is 0 Å². The Bertz CT molecular complexity index is 564. The van der Waals surface area contributed by atoms with Crippen LogP contribution in [-0.2, 0) is 6.42 Å². The van der Waals surface area contributed by atoms with Gasteiger partial charge in [-0.1, -0.05) is 52.5 Å². The molecule has 0 spiro atoms. The van der Waals surface area contributed by atoms with E-state index >= 15 is 0 Å². The maximum atomic E-state index is 6.34. The Morgan fingerprint density at radius 1 is 1.00 bits per heavy atom. The van der Waals surface area contributed by atoms with E-state index in [1.54, 1.807) is 18.2 Å². The fourth-order valence-corrected chi connectivity index (χ4v) is 3.92. The molecule has 1 atom stereocenters. The van der Waals surface area contributed by atoms with Gasteiger partial charge < -0.3 is 0 Å². The molecular weight excluding hydrogens is 353 g/mol. The van der Waals surface area contributed by atoms with Crippen LogP contribution in [0, 0.1) is 0 Å². The van der Waals surface area contributed by atoms with Gasteiger partial charge in [0.25, 0.3) is 0 Å². The first-order valence-corrected chi connectivity index (χ1v) is 7.76. The van der Waals surface area contributed by atoms with Gasteiger partial charge in [0.05, 0.1) is 24.1 Å². The third-order valence-corrected chi connectivity index (χ3v) is 5.07. The van der Waals surface area contributed by atoms with E-state index in [0.717, 1.165) is 11.1 Å². The molecule has 0 nitrogen and oxygen atoms in total. The molecule has 0 bridgehead atoms. The number of benzene rings is 1.